The SMILES string of the molecule is COC(CNC(=O)c1ccc(C(=O)NCC(OC)OC)cc1)OC. The Hall–Kier alpha value is -2.00. The van der Waals surface area contributed by atoms with Crippen molar-refractivity contribution in [3.8, 4) is 0 Å². The van der Waals surface area contributed by atoms with E-state index in [2.05, 4.69) is 10.6 Å². The highest BCUT2D eigenvalue weighted by Crippen LogP contribution is 2.05. The van der Waals surface area contributed by atoms with Gasteiger partial charge in [0.25, 0.3) is 11.8 Å². The van der Waals surface area contributed by atoms with Gasteiger partial charge in [0.1, 0.15) is 0 Å². The largest absolute Gasteiger partial charge is 0.354 e. The average molecular weight is 340 g/mol. The lowest BCUT2D eigenvalue weighted by molar-refractivity contribution is -0.0975. The van der Waals surface area contributed by atoms with Crippen LogP contribution in [0.25, 0.3) is 0 Å². The highest BCUT2D eigenvalue weighted by atomic mass is 16.7. The number of ether oxygens (including phenoxy) is 4. The zero-order valence-electron chi connectivity index (χ0n) is 14.3. The van der Waals surface area contributed by atoms with Gasteiger partial charge in [-0.2, -0.15) is 0 Å². The second kappa shape index (κ2) is 10.7. The van der Waals surface area contributed by atoms with Crippen LogP contribution in [0.1, 0.15) is 20.7 Å². The third-order valence-corrected chi connectivity index (χ3v) is 3.32. The summed E-state index contributed by atoms with van der Waals surface area (Å²) in [6.45, 7) is 0.451. The minimum Gasteiger partial charge on any atom is -0.354 e. The molecule has 0 bridgehead atoms. The lowest BCUT2D eigenvalue weighted by Crippen LogP contribution is -2.34. The van der Waals surface area contributed by atoms with Crippen LogP contribution in [0.5, 0.6) is 0 Å². The Labute approximate surface area is 141 Å². The lowest BCUT2D eigenvalue weighted by atomic mass is 10.1. The van der Waals surface area contributed by atoms with Crippen LogP contribution in [0.4, 0.5) is 0 Å². The highest BCUT2D eigenvalue weighted by Gasteiger charge is 2.12. The van der Waals surface area contributed by atoms with Crippen molar-refractivity contribution in [3.63, 3.8) is 0 Å². The maximum atomic E-state index is 12.0. The minimum absolute atomic E-state index is 0.226. The molecule has 0 spiro atoms. The highest BCUT2D eigenvalue weighted by molar-refractivity contribution is 5.97. The molecule has 0 radical (unpaired) electrons. The maximum absolute atomic E-state index is 12.0. The van der Waals surface area contributed by atoms with E-state index in [9.17, 15) is 9.59 Å². The molecule has 8 nitrogen and oxygen atoms in total. The van der Waals surface area contributed by atoms with E-state index < -0.39 is 12.6 Å². The van der Waals surface area contributed by atoms with E-state index in [1.807, 2.05) is 0 Å². The summed E-state index contributed by atoms with van der Waals surface area (Å²) in [5.74, 6) is -0.556. The molecule has 0 fully saturated rings. The van der Waals surface area contributed by atoms with Gasteiger partial charge in [0.05, 0.1) is 13.1 Å². The molecule has 0 atom stereocenters. The van der Waals surface area contributed by atoms with E-state index in [1.54, 1.807) is 24.3 Å². The predicted molar refractivity (Wildman–Crippen MR) is 86.7 cm³/mol. The van der Waals surface area contributed by atoms with Crippen LogP contribution >= 0.6 is 0 Å². The second-order valence-corrected chi connectivity index (χ2v) is 4.80. The van der Waals surface area contributed by atoms with Crippen molar-refractivity contribution >= 4 is 11.8 Å². The van der Waals surface area contributed by atoms with Crippen molar-refractivity contribution in [2.75, 3.05) is 41.5 Å². The maximum Gasteiger partial charge on any atom is 0.251 e. The Balaban J connectivity index is 2.55. The summed E-state index contributed by atoms with van der Waals surface area (Å²) in [7, 11) is 5.97. The van der Waals surface area contributed by atoms with Gasteiger partial charge in [-0.15, -0.1) is 0 Å². The molecule has 8 heteroatoms. The van der Waals surface area contributed by atoms with Gasteiger partial charge in [-0.1, -0.05) is 0 Å². The molecule has 0 saturated carbocycles. The van der Waals surface area contributed by atoms with Gasteiger partial charge >= 0.3 is 0 Å². The zero-order valence-corrected chi connectivity index (χ0v) is 14.3. The van der Waals surface area contributed by atoms with Gasteiger partial charge in [0.15, 0.2) is 12.6 Å². The van der Waals surface area contributed by atoms with E-state index in [1.165, 1.54) is 28.4 Å². The first-order chi connectivity index (χ1) is 11.5. The third kappa shape index (κ3) is 6.25. The molecule has 0 aliphatic heterocycles. The molecule has 1 aromatic carbocycles. The molecule has 0 aliphatic carbocycles. The van der Waals surface area contributed by atoms with Crippen LogP contribution in [-0.4, -0.2) is 65.9 Å². The molecule has 0 aromatic heterocycles. The number of hydrogen-bond donors (Lipinski definition) is 2. The van der Waals surface area contributed by atoms with Crippen LogP contribution in [0.3, 0.4) is 0 Å². The van der Waals surface area contributed by atoms with E-state index in [0.717, 1.165) is 0 Å². The third-order valence-electron chi connectivity index (χ3n) is 3.32. The summed E-state index contributed by atoms with van der Waals surface area (Å²) >= 11 is 0. The minimum atomic E-state index is -0.506. The van der Waals surface area contributed by atoms with E-state index in [0.29, 0.717) is 11.1 Å². The normalized spacial score (nSPS) is 10.9. The summed E-state index contributed by atoms with van der Waals surface area (Å²) in [4.78, 5) is 24.0. The number of methoxy groups -OCH3 is 4. The molecule has 2 amide bonds. The molecule has 0 saturated heterocycles. The zero-order chi connectivity index (χ0) is 17.9. The number of rotatable bonds is 10. The first-order valence-corrected chi connectivity index (χ1v) is 7.33. The van der Waals surface area contributed by atoms with Gasteiger partial charge in [0.2, 0.25) is 0 Å². The topological polar surface area (TPSA) is 95.1 Å². The summed E-state index contributed by atoms with van der Waals surface area (Å²) in [5.41, 5.74) is 0.869. The molecule has 134 valence electrons. The Morgan fingerprint density at radius 2 is 1.04 bits per heavy atom. The molecule has 0 aliphatic rings. The Kier molecular flexibility index (Phi) is 8.95. The molecule has 0 unspecified atom stereocenters. The number of benzene rings is 1. The van der Waals surface area contributed by atoms with Crippen molar-refractivity contribution in [2.45, 2.75) is 12.6 Å². The van der Waals surface area contributed by atoms with Gasteiger partial charge in [0, 0.05) is 39.6 Å². The number of carbonyl (C=O) groups excluding carboxylic acids is 2. The van der Waals surface area contributed by atoms with Crippen molar-refractivity contribution in [1.82, 2.24) is 10.6 Å². The summed E-state index contributed by atoms with van der Waals surface area (Å²) in [5, 5.41) is 5.36. The van der Waals surface area contributed by atoms with Gasteiger partial charge in [-0.3, -0.25) is 9.59 Å². The summed E-state index contributed by atoms with van der Waals surface area (Å²) in [6.07, 6.45) is -1.01. The fourth-order valence-corrected chi connectivity index (χ4v) is 1.85. The molecular weight excluding hydrogens is 316 g/mol. The standard InChI is InChI=1S/C16H24N2O6/c1-21-13(22-2)9-17-15(19)11-5-7-12(8-6-11)16(20)18-10-14(23-3)24-4/h5-8,13-14H,9-10H2,1-4H3,(H,17,19)(H,18,20). The van der Waals surface area contributed by atoms with Crippen LogP contribution < -0.4 is 10.6 Å². The smallest absolute Gasteiger partial charge is 0.251 e. The van der Waals surface area contributed by atoms with Gasteiger partial charge in [-0.05, 0) is 24.3 Å². The average Bonchev–Trinajstić information content (AvgIpc) is 2.63. The number of carbonyl (C=O) groups is 2. The number of hydrogen-bond acceptors (Lipinski definition) is 6. The molecule has 24 heavy (non-hydrogen) atoms. The van der Waals surface area contributed by atoms with Crippen molar-refractivity contribution in [2.24, 2.45) is 0 Å². The monoisotopic (exact) mass is 340 g/mol. The van der Waals surface area contributed by atoms with Crippen LogP contribution in [0.15, 0.2) is 24.3 Å². The van der Waals surface area contributed by atoms with Crippen molar-refractivity contribution in [1.29, 1.82) is 0 Å². The second-order valence-electron chi connectivity index (χ2n) is 4.80. The molecule has 1 aromatic rings. The number of amides is 2. The van der Waals surface area contributed by atoms with Crippen molar-refractivity contribution in [3.05, 3.63) is 35.4 Å². The summed E-state index contributed by atoms with van der Waals surface area (Å²) in [6, 6.07) is 6.29. The van der Waals surface area contributed by atoms with E-state index in [4.69, 9.17) is 18.9 Å². The molecule has 2 N–H and O–H groups in total. The Bertz CT molecular complexity index is 465. The van der Waals surface area contributed by atoms with E-state index >= 15 is 0 Å². The number of nitrogens with one attached hydrogen (secondary N) is 2. The lowest BCUT2D eigenvalue weighted by Gasteiger charge is -2.14. The van der Waals surface area contributed by atoms with E-state index in [-0.39, 0.29) is 24.9 Å². The van der Waals surface area contributed by atoms with Crippen LogP contribution in [-0.2, 0) is 18.9 Å². The summed E-state index contributed by atoms with van der Waals surface area (Å²) < 4.78 is 20.0. The first kappa shape index (κ1) is 20.0. The Morgan fingerprint density at radius 1 is 0.750 bits per heavy atom. The molecular formula is C16H24N2O6. The van der Waals surface area contributed by atoms with Crippen molar-refractivity contribution < 1.29 is 28.5 Å². The molecule has 1 rings (SSSR count). The van der Waals surface area contributed by atoms with Gasteiger partial charge in [-0.25, -0.2) is 0 Å². The quantitative estimate of drug-likeness (QED) is 0.598. The first-order valence-electron chi connectivity index (χ1n) is 7.33. The Morgan fingerprint density at radius 3 is 1.29 bits per heavy atom. The van der Waals surface area contributed by atoms with Crippen LogP contribution in [0.2, 0.25) is 0 Å². The van der Waals surface area contributed by atoms with Crippen LogP contribution in [0, 0.1) is 0 Å². The predicted octanol–water partition coefficient (Wildman–Crippen LogP) is 0.384. The molecule has 0 heterocycles. The van der Waals surface area contributed by atoms with Gasteiger partial charge < -0.3 is 29.6 Å². The fourth-order valence-electron chi connectivity index (χ4n) is 1.85. The fraction of sp³-hybridized carbons (Fsp3) is 0.500.